The highest BCUT2D eigenvalue weighted by molar-refractivity contribution is 5.77. The molecule has 28 heavy (non-hydrogen) atoms. The molecule has 2 aromatic carbocycles. The molecule has 2 aromatic rings. The number of benzene rings is 2. The Labute approximate surface area is 163 Å². The molecule has 0 atom stereocenters. The Kier molecular flexibility index (Phi) is 6.60. The van der Waals surface area contributed by atoms with Crippen molar-refractivity contribution in [3.05, 3.63) is 65.7 Å². The predicted molar refractivity (Wildman–Crippen MR) is 104 cm³/mol. The Balaban J connectivity index is 1.43. The molecule has 0 unspecified atom stereocenters. The van der Waals surface area contributed by atoms with Crippen LogP contribution in [0.3, 0.4) is 0 Å². The van der Waals surface area contributed by atoms with Gasteiger partial charge in [-0.1, -0.05) is 42.5 Å². The summed E-state index contributed by atoms with van der Waals surface area (Å²) >= 11 is 0. The van der Waals surface area contributed by atoms with Crippen LogP contribution in [0.5, 0.6) is 0 Å². The SMILES string of the molecule is O=C(CCNc1ccccc1C(F)(F)F)N1CCC(Cc2ccccc2)CC1. The standard InChI is InChI=1S/C22H25F3N2O/c23-22(24,25)19-8-4-5-9-20(19)26-13-10-21(28)27-14-11-18(12-15-27)16-17-6-2-1-3-7-17/h1-9,18,26H,10-16H2. The van der Waals surface area contributed by atoms with E-state index in [1.807, 2.05) is 23.1 Å². The van der Waals surface area contributed by atoms with E-state index in [4.69, 9.17) is 0 Å². The second-order valence-electron chi connectivity index (χ2n) is 7.23. The molecule has 1 heterocycles. The van der Waals surface area contributed by atoms with Crippen molar-refractivity contribution in [2.45, 2.75) is 31.9 Å². The van der Waals surface area contributed by atoms with Gasteiger partial charge in [0, 0.05) is 31.7 Å². The summed E-state index contributed by atoms with van der Waals surface area (Å²) in [5, 5.41) is 2.76. The van der Waals surface area contributed by atoms with Gasteiger partial charge in [0.05, 0.1) is 5.56 Å². The molecule has 3 nitrogen and oxygen atoms in total. The summed E-state index contributed by atoms with van der Waals surface area (Å²) in [5.41, 5.74) is 0.633. The molecule has 3 rings (SSSR count). The second-order valence-corrected chi connectivity index (χ2v) is 7.23. The Morgan fingerprint density at radius 2 is 1.64 bits per heavy atom. The number of nitrogens with zero attached hydrogens (tertiary/aromatic N) is 1. The van der Waals surface area contributed by atoms with Crippen molar-refractivity contribution >= 4 is 11.6 Å². The first-order chi connectivity index (χ1) is 13.4. The molecule has 0 saturated carbocycles. The van der Waals surface area contributed by atoms with Gasteiger partial charge in [0.2, 0.25) is 5.91 Å². The van der Waals surface area contributed by atoms with Gasteiger partial charge in [0.1, 0.15) is 0 Å². The Hall–Kier alpha value is -2.50. The summed E-state index contributed by atoms with van der Waals surface area (Å²) in [5.74, 6) is 0.568. The van der Waals surface area contributed by atoms with Crippen LogP contribution in [0.25, 0.3) is 0 Å². The second kappa shape index (κ2) is 9.13. The number of amides is 1. The predicted octanol–water partition coefficient (Wildman–Crippen LogP) is 4.99. The first-order valence-electron chi connectivity index (χ1n) is 9.65. The number of halogens is 3. The van der Waals surface area contributed by atoms with Crippen molar-refractivity contribution in [1.82, 2.24) is 4.90 Å². The van der Waals surface area contributed by atoms with Gasteiger partial charge < -0.3 is 10.2 Å². The van der Waals surface area contributed by atoms with Crippen LogP contribution in [-0.2, 0) is 17.4 Å². The average Bonchev–Trinajstić information content (AvgIpc) is 2.69. The number of anilines is 1. The monoisotopic (exact) mass is 390 g/mol. The van der Waals surface area contributed by atoms with Crippen LogP contribution in [-0.4, -0.2) is 30.4 Å². The van der Waals surface area contributed by atoms with E-state index in [2.05, 4.69) is 17.4 Å². The van der Waals surface area contributed by atoms with Crippen LogP contribution < -0.4 is 5.32 Å². The maximum atomic E-state index is 13.0. The quantitative estimate of drug-likeness (QED) is 0.754. The fraction of sp³-hybridized carbons (Fsp3) is 0.409. The van der Waals surface area contributed by atoms with Crippen LogP contribution in [0.2, 0.25) is 0 Å². The van der Waals surface area contributed by atoms with Crippen LogP contribution >= 0.6 is 0 Å². The van der Waals surface area contributed by atoms with E-state index in [-0.39, 0.29) is 24.6 Å². The van der Waals surface area contributed by atoms with Gasteiger partial charge in [-0.15, -0.1) is 0 Å². The number of carbonyl (C=O) groups excluding carboxylic acids is 1. The van der Waals surface area contributed by atoms with E-state index in [1.165, 1.54) is 17.7 Å². The van der Waals surface area contributed by atoms with Crippen molar-refractivity contribution in [1.29, 1.82) is 0 Å². The number of likely N-dealkylation sites (tertiary alicyclic amines) is 1. The summed E-state index contributed by atoms with van der Waals surface area (Å²) < 4.78 is 39.0. The number of rotatable bonds is 6. The number of nitrogens with one attached hydrogen (secondary N) is 1. The van der Waals surface area contributed by atoms with E-state index < -0.39 is 11.7 Å². The molecular formula is C22H25F3N2O. The van der Waals surface area contributed by atoms with Crippen LogP contribution in [0.1, 0.15) is 30.4 Å². The number of hydrogen-bond acceptors (Lipinski definition) is 2. The molecule has 1 fully saturated rings. The fourth-order valence-electron chi connectivity index (χ4n) is 3.68. The normalized spacial score (nSPS) is 15.5. The lowest BCUT2D eigenvalue weighted by Gasteiger charge is -2.32. The Bertz CT molecular complexity index is 769. The van der Waals surface area contributed by atoms with Gasteiger partial charge >= 0.3 is 6.18 Å². The summed E-state index contributed by atoms with van der Waals surface area (Å²) in [6.45, 7) is 1.63. The molecular weight excluding hydrogens is 365 g/mol. The van der Waals surface area contributed by atoms with Gasteiger partial charge in [-0.25, -0.2) is 0 Å². The van der Waals surface area contributed by atoms with Gasteiger partial charge in [-0.3, -0.25) is 4.79 Å². The molecule has 1 aliphatic rings. The number of para-hydroxylation sites is 1. The molecule has 0 aromatic heterocycles. The van der Waals surface area contributed by atoms with Gasteiger partial charge in [-0.05, 0) is 42.9 Å². The van der Waals surface area contributed by atoms with Crippen molar-refractivity contribution in [3.63, 3.8) is 0 Å². The minimum Gasteiger partial charge on any atom is -0.384 e. The molecule has 1 saturated heterocycles. The highest BCUT2D eigenvalue weighted by atomic mass is 19.4. The molecule has 1 N–H and O–H groups in total. The van der Waals surface area contributed by atoms with E-state index in [0.717, 1.165) is 38.4 Å². The number of piperidine rings is 1. The lowest BCUT2D eigenvalue weighted by Crippen LogP contribution is -2.39. The maximum Gasteiger partial charge on any atom is 0.418 e. The van der Waals surface area contributed by atoms with Crippen LogP contribution in [0.15, 0.2) is 54.6 Å². The summed E-state index contributed by atoms with van der Waals surface area (Å²) in [4.78, 5) is 14.2. The maximum absolute atomic E-state index is 13.0. The summed E-state index contributed by atoms with van der Waals surface area (Å²) in [6, 6.07) is 15.7. The summed E-state index contributed by atoms with van der Waals surface area (Å²) in [6.07, 6.45) is -1.27. The third-order valence-electron chi connectivity index (χ3n) is 5.22. The Morgan fingerprint density at radius 3 is 2.32 bits per heavy atom. The van der Waals surface area contributed by atoms with Crippen molar-refractivity contribution in [2.75, 3.05) is 25.0 Å². The van der Waals surface area contributed by atoms with Gasteiger partial charge in [0.15, 0.2) is 0 Å². The van der Waals surface area contributed by atoms with Crippen LogP contribution in [0.4, 0.5) is 18.9 Å². The topological polar surface area (TPSA) is 32.3 Å². The van der Waals surface area contributed by atoms with Crippen molar-refractivity contribution in [3.8, 4) is 0 Å². The average molecular weight is 390 g/mol. The third kappa shape index (κ3) is 5.50. The number of hydrogen-bond donors (Lipinski definition) is 1. The number of carbonyl (C=O) groups is 1. The minimum atomic E-state index is -4.41. The minimum absolute atomic E-state index is 0.00449. The molecule has 150 valence electrons. The molecule has 6 heteroatoms. The lowest BCUT2D eigenvalue weighted by molar-refractivity contribution is -0.137. The van der Waals surface area contributed by atoms with E-state index in [1.54, 1.807) is 6.07 Å². The fourth-order valence-corrected chi connectivity index (χ4v) is 3.68. The lowest BCUT2D eigenvalue weighted by atomic mass is 9.90. The zero-order chi connectivity index (χ0) is 20.0. The molecule has 0 bridgehead atoms. The van der Waals surface area contributed by atoms with Crippen molar-refractivity contribution < 1.29 is 18.0 Å². The van der Waals surface area contributed by atoms with E-state index >= 15 is 0 Å². The number of alkyl halides is 3. The largest absolute Gasteiger partial charge is 0.418 e. The van der Waals surface area contributed by atoms with Crippen molar-refractivity contribution in [2.24, 2.45) is 5.92 Å². The molecule has 0 aliphatic carbocycles. The molecule has 0 spiro atoms. The molecule has 0 radical (unpaired) electrons. The molecule has 1 amide bonds. The van der Waals surface area contributed by atoms with Gasteiger partial charge in [0.25, 0.3) is 0 Å². The van der Waals surface area contributed by atoms with E-state index in [9.17, 15) is 18.0 Å². The summed E-state index contributed by atoms with van der Waals surface area (Å²) in [7, 11) is 0. The third-order valence-corrected chi connectivity index (χ3v) is 5.22. The zero-order valence-corrected chi connectivity index (χ0v) is 15.7. The highest BCUT2D eigenvalue weighted by Crippen LogP contribution is 2.34. The van der Waals surface area contributed by atoms with Crippen LogP contribution in [0, 0.1) is 5.92 Å². The zero-order valence-electron chi connectivity index (χ0n) is 15.7. The Morgan fingerprint density at radius 1 is 1.00 bits per heavy atom. The first-order valence-corrected chi connectivity index (χ1v) is 9.65. The van der Waals surface area contributed by atoms with E-state index in [0.29, 0.717) is 5.92 Å². The highest BCUT2D eigenvalue weighted by Gasteiger charge is 2.33. The smallest absolute Gasteiger partial charge is 0.384 e. The first kappa shape index (κ1) is 20.2. The van der Waals surface area contributed by atoms with Gasteiger partial charge in [-0.2, -0.15) is 13.2 Å². The molecule has 1 aliphatic heterocycles.